The molecule has 0 saturated heterocycles. The molecule has 0 spiro atoms. The minimum absolute atomic E-state index is 0.00222. The molecule has 12 heavy (non-hydrogen) atoms. The summed E-state index contributed by atoms with van der Waals surface area (Å²) in [6.07, 6.45) is 7.08. The number of hydrogen-bond acceptors (Lipinski definition) is 3. The van der Waals surface area contributed by atoms with Gasteiger partial charge < -0.3 is 5.73 Å². The van der Waals surface area contributed by atoms with Gasteiger partial charge in [-0.15, -0.1) is 0 Å². The fourth-order valence-corrected chi connectivity index (χ4v) is 1.20. The molecule has 0 amide bonds. The second-order valence-corrected chi connectivity index (χ2v) is 2.78. The summed E-state index contributed by atoms with van der Waals surface area (Å²) in [7, 11) is 0. The van der Waals surface area contributed by atoms with Crippen LogP contribution in [0.15, 0.2) is 24.8 Å². The van der Waals surface area contributed by atoms with Gasteiger partial charge in [0.2, 0.25) is 0 Å². The Morgan fingerprint density at radius 2 is 2.33 bits per heavy atom. The first-order chi connectivity index (χ1) is 5.79. The van der Waals surface area contributed by atoms with Crippen molar-refractivity contribution in [3.63, 3.8) is 0 Å². The lowest BCUT2D eigenvalue weighted by molar-refractivity contribution is 0.768. The molecule has 1 unspecified atom stereocenters. The van der Waals surface area contributed by atoms with E-state index in [1.807, 2.05) is 17.5 Å². The van der Waals surface area contributed by atoms with E-state index in [4.69, 9.17) is 5.73 Å². The molecule has 0 aliphatic carbocycles. The van der Waals surface area contributed by atoms with Gasteiger partial charge in [0, 0.05) is 18.4 Å². The summed E-state index contributed by atoms with van der Waals surface area (Å²) in [6, 6.07) is 0.00222. The Bertz CT molecular complexity index is 391. The highest BCUT2D eigenvalue weighted by atomic mass is 15.0. The van der Waals surface area contributed by atoms with Crippen molar-refractivity contribution >= 4 is 5.65 Å². The molecule has 2 aromatic heterocycles. The van der Waals surface area contributed by atoms with E-state index in [0.29, 0.717) is 0 Å². The van der Waals surface area contributed by atoms with Gasteiger partial charge in [0.25, 0.3) is 0 Å². The smallest absolute Gasteiger partial charge is 0.155 e. The maximum Gasteiger partial charge on any atom is 0.155 e. The summed E-state index contributed by atoms with van der Waals surface area (Å²) in [5, 5.41) is 0. The highest BCUT2D eigenvalue weighted by Crippen LogP contribution is 2.10. The van der Waals surface area contributed by atoms with Crippen LogP contribution >= 0.6 is 0 Å². The molecule has 4 nitrogen and oxygen atoms in total. The van der Waals surface area contributed by atoms with Crippen LogP contribution in [0.2, 0.25) is 0 Å². The van der Waals surface area contributed by atoms with E-state index < -0.39 is 0 Å². The first-order valence-corrected chi connectivity index (χ1v) is 3.81. The van der Waals surface area contributed by atoms with E-state index in [2.05, 4.69) is 9.97 Å². The Labute approximate surface area is 70.1 Å². The van der Waals surface area contributed by atoms with Crippen LogP contribution in [0.1, 0.15) is 18.7 Å². The number of fused-ring (bicyclic) bond motifs is 1. The Morgan fingerprint density at radius 3 is 3.08 bits per heavy atom. The monoisotopic (exact) mass is 162 g/mol. The predicted molar refractivity (Wildman–Crippen MR) is 45.6 cm³/mol. The summed E-state index contributed by atoms with van der Waals surface area (Å²) < 4.78 is 1.94. The molecule has 0 radical (unpaired) electrons. The van der Waals surface area contributed by atoms with Gasteiger partial charge in [-0.1, -0.05) is 0 Å². The van der Waals surface area contributed by atoms with Crippen molar-refractivity contribution in [3.05, 3.63) is 30.5 Å². The van der Waals surface area contributed by atoms with Gasteiger partial charge in [0.1, 0.15) is 0 Å². The highest BCUT2D eigenvalue weighted by molar-refractivity contribution is 5.37. The number of imidazole rings is 1. The molecule has 62 valence electrons. The van der Waals surface area contributed by atoms with Crippen molar-refractivity contribution in [2.45, 2.75) is 13.0 Å². The minimum Gasteiger partial charge on any atom is -0.323 e. The van der Waals surface area contributed by atoms with Gasteiger partial charge in [0.15, 0.2) is 5.65 Å². The average molecular weight is 162 g/mol. The molecule has 4 heteroatoms. The number of aromatic nitrogens is 3. The molecular weight excluding hydrogens is 152 g/mol. The Hall–Kier alpha value is -1.42. The van der Waals surface area contributed by atoms with E-state index in [9.17, 15) is 0 Å². The maximum atomic E-state index is 5.74. The van der Waals surface area contributed by atoms with Crippen LogP contribution in [0, 0.1) is 0 Å². The standard InChI is InChI=1S/C8H10N4/c1-6(9)7-4-11-8-5-10-2-3-12(7)8/h2-6H,9H2,1H3. The number of nitrogens with zero attached hydrogens (tertiary/aromatic N) is 3. The molecule has 2 aromatic rings. The predicted octanol–water partition coefficient (Wildman–Crippen LogP) is 0.749. The molecule has 2 N–H and O–H groups in total. The summed E-state index contributed by atoms with van der Waals surface area (Å²) in [5.74, 6) is 0. The van der Waals surface area contributed by atoms with Crippen LogP contribution in [0.5, 0.6) is 0 Å². The molecule has 0 bridgehead atoms. The van der Waals surface area contributed by atoms with Crippen LogP contribution in [0.25, 0.3) is 5.65 Å². The zero-order chi connectivity index (χ0) is 8.55. The highest BCUT2D eigenvalue weighted by Gasteiger charge is 2.05. The van der Waals surface area contributed by atoms with E-state index in [1.165, 1.54) is 0 Å². The molecule has 1 atom stereocenters. The first-order valence-electron chi connectivity index (χ1n) is 3.81. The van der Waals surface area contributed by atoms with Crippen molar-refractivity contribution in [1.29, 1.82) is 0 Å². The quantitative estimate of drug-likeness (QED) is 0.673. The zero-order valence-electron chi connectivity index (χ0n) is 6.81. The molecule has 0 saturated carbocycles. The zero-order valence-corrected chi connectivity index (χ0v) is 6.81. The first kappa shape index (κ1) is 7.24. The van der Waals surface area contributed by atoms with Crippen LogP contribution in [-0.4, -0.2) is 14.4 Å². The Morgan fingerprint density at radius 1 is 1.50 bits per heavy atom. The van der Waals surface area contributed by atoms with E-state index >= 15 is 0 Å². The van der Waals surface area contributed by atoms with Gasteiger partial charge in [-0.05, 0) is 6.92 Å². The van der Waals surface area contributed by atoms with Gasteiger partial charge in [-0.25, -0.2) is 4.98 Å². The van der Waals surface area contributed by atoms with Crippen LogP contribution < -0.4 is 5.73 Å². The number of hydrogen-bond donors (Lipinski definition) is 1. The maximum absolute atomic E-state index is 5.74. The number of rotatable bonds is 1. The SMILES string of the molecule is CC(N)c1cnc2cnccn12. The molecule has 2 heterocycles. The van der Waals surface area contributed by atoms with Gasteiger partial charge >= 0.3 is 0 Å². The topological polar surface area (TPSA) is 56.2 Å². The fraction of sp³-hybridized carbons (Fsp3) is 0.250. The van der Waals surface area contributed by atoms with E-state index in [-0.39, 0.29) is 6.04 Å². The summed E-state index contributed by atoms with van der Waals surface area (Å²) in [5.41, 5.74) is 7.59. The van der Waals surface area contributed by atoms with E-state index in [0.717, 1.165) is 11.3 Å². The van der Waals surface area contributed by atoms with Crippen LogP contribution in [0.3, 0.4) is 0 Å². The van der Waals surface area contributed by atoms with Crippen LogP contribution in [0.4, 0.5) is 0 Å². The van der Waals surface area contributed by atoms with Crippen molar-refractivity contribution in [1.82, 2.24) is 14.4 Å². The van der Waals surface area contributed by atoms with Crippen molar-refractivity contribution in [3.8, 4) is 0 Å². The lowest BCUT2D eigenvalue weighted by Crippen LogP contribution is -2.07. The van der Waals surface area contributed by atoms with E-state index in [1.54, 1.807) is 18.6 Å². The average Bonchev–Trinajstić information content (AvgIpc) is 2.47. The van der Waals surface area contributed by atoms with Gasteiger partial charge in [0.05, 0.1) is 18.1 Å². The second kappa shape index (κ2) is 2.57. The molecule has 0 aromatic carbocycles. The fourth-order valence-electron chi connectivity index (χ4n) is 1.20. The third-order valence-electron chi connectivity index (χ3n) is 1.81. The third kappa shape index (κ3) is 0.967. The normalized spacial score (nSPS) is 13.5. The summed E-state index contributed by atoms with van der Waals surface area (Å²) in [4.78, 5) is 8.12. The molecular formula is C8H10N4. The molecule has 0 aliphatic rings. The molecule has 0 fully saturated rings. The van der Waals surface area contributed by atoms with Crippen molar-refractivity contribution < 1.29 is 0 Å². The Balaban J connectivity index is 2.70. The van der Waals surface area contributed by atoms with Crippen LogP contribution in [-0.2, 0) is 0 Å². The number of nitrogens with two attached hydrogens (primary N) is 1. The largest absolute Gasteiger partial charge is 0.323 e. The summed E-state index contributed by atoms with van der Waals surface area (Å²) in [6.45, 7) is 1.93. The second-order valence-electron chi connectivity index (χ2n) is 2.78. The molecule has 2 rings (SSSR count). The lowest BCUT2D eigenvalue weighted by Gasteiger charge is -2.02. The van der Waals surface area contributed by atoms with Crippen molar-refractivity contribution in [2.75, 3.05) is 0 Å². The lowest BCUT2D eigenvalue weighted by atomic mass is 10.3. The molecule has 0 aliphatic heterocycles. The Kier molecular flexibility index (Phi) is 1.55. The third-order valence-corrected chi connectivity index (χ3v) is 1.81. The van der Waals surface area contributed by atoms with Crippen molar-refractivity contribution in [2.24, 2.45) is 5.73 Å². The summed E-state index contributed by atoms with van der Waals surface area (Å²) >= 11 is 0. The van der Waals surface area contributed by atoms with Gasteiger partial charge in [-0.2, -0.15) is 0 Å². The van der Waals surface area contributed by atoms with Gasteiger partial charge in [-0.3, -0.25) is 9.38 Å². The minimum atomic E-state index is 0.00222.